The van der Waals surface area contributed by atoms with Gasteiger partial charge in [0.15, 0.2) is 0 Å². The number of hydrogen-bond acceptors (Lipinski definition) is 5. The van der Waals surface area contributed by atoms with Crippen LogP contribution in [0.2, 0.25) is 5.15 Å². The van der Waals surface area contributed by atoms with Crippen molar-refractivity contribution < 1.29 is 9.53 Å². The molecule has 118 valence electrons. The highest BCUT2D eigenvalue weighted by Gasteiger charge is 2.36. The average molecular weight is 340 g/mol. The minimum absolute atomic E-state index is 0.122. The fraction of sp³-hybridized carbons (Fsp3) is 0.533. The van der Waals surface area contributed by atoms with Crippen molar-refractivity contribution in [1.29, 1.82) is 0 Å². The lowest BCUT2D eigenvalue weighted by Crippen LogP contribution is -2.50. The maximum atomic E-state index is 11.9. The third-order valence-corrected chi connectivity index (χ3v) is 4.62. The Labute approximate surface area is 138 Å². The van der Waals surface area contributed by atoms with E-state index < -0.39 is 5.60 Å². The fourth-order valence-electron chi connectivity index (χ4n) is 2.32. The Morgan fingerprint density at radius 2 is 2.09 bits per heavy atom. The Hall–Kier alpha value is -1.40. The molecule has 5 nitrogen and oxygen atoms in total. The van der Waals surface area contributed by atoms with E-state index >= 15 is 0 Å². The van der Waals surface area contributed by atoms with Gasteiger partial charge in [0.1, 0.15) is 21.4 Å². The van der Waals surface area contributed by atoms with E-state index in [1.807, 2.05) is 33.8 Å². The zero-order chi connectivity index (χ0) is 16.1. The largest absolute Gasteiger partial charge is 0.444 e. The van der Waals surface area contributed by atoms with Crippen LogP contribution >= 0.6 is 22.9 Å². The average Bonchev–Trinajstić information content (AvgIpc) is 2.65. The Morgan fingerprint density at radius 1 is 1.41 bits per heavy atom. The SMILES string of the molecule is Cc1cc2c(Cl)nc(C3CN(C(=O)OC(C)(C)C)C3)nc2s1. The number of rotatable bonds is 1. The van der Waals surface area contributed by atoms with Gasteiger partial charge in [0.2, 0.25) is 0 Å². The van der Waals surface area contributed by atoms with Gasteiger partial charge in [-0.05, 0) is 33.8 Å². The van der Waals surface area contributed by atoms with Crippen LogP contribution in [0.15, 0.2) is 6.07 Å². The summed E-state index contributed by atoms with van der Waals surface area (Å²) in [6, 6.07) is 2.00. The molecule has 0 bridgehead atoms. The van der Waals surface area contributed by atoms with Crippen molar-refractivity contribution in [2.75, 3.05) is 13.1 Å². The molecule has 2 aromatic rings. The number of aryl methyl sites for hydroxylation is 1. The lowest BCUT2D eigenvalue weighted by molar-refractivity contribution is 0.00756. The molecule has 3 rings (SSSR count). The molecule has 0 aliphatic carbocycles. The van der Waals surface area contributed by atoms with Crippen LogP contribution in [-0.2, 0) is 4.74 Å². The van der Waals surface area contributed by atoms with Crippen molar-refractivity contribution in [2.24, 2.45) is 0 Å². The lowest BCUT2D eigenvalue weighted by Gasteiger charge is -2.38. The maximum Gasteiger partial charge on any atom is 0.410 e. The molecule has 1 saturated heterocycles. The van der Waals surface area contributed by atoms with Gasteiger partial charge in [0, 0.05) is 23.4 Å². The highest BCUT2D eigenvalue weighted by Crippen LogP contribution is 2.32. The second-order valence-corrected chi connectivity index (χ2v) is 8.12. The van der Waals surface area contributed by atoms with Crippen molar-refractivity contribution in [1.82, 2.24) is 14.9 Å². The normalized spacial score (nSPS) is 16.0. The van der Waals surface area contributed by atoms with E-state index in [1.165, 1.54) is 0 Å². The number of ether oxygens (including phenoxy) is 1. The molecule has 0 unspecified atom stereocenters. The van der Waals surface area contributed by atoms with Crippen molar-refractivity contribution in [3.63, 3.8) is 0 Å². The smallest absolute Gasteiger partial charge is 0.410 e. The molecule has 0 aromatic carbocycles. The first-order chi connectivity index (χ1) is 10.2. The van der Waals surface area contributed by atoms with Crippen LogP contribution in [0.25, 0.3) is 10.2 Å². The fourth-order valence-corrected chi connectivity index (χ4v) is 3.50. The minimum Gasteiger partial charge on any atom is -0.444 e. The third-order valence-electron chi connectivity index (χ3n) is 3.39. The van der Waals surface area contributed by atoms with Gasteiger partial charge in [-0.3, -0.25) is 0 Å². The second-order valence-electron chi connectivity index (χ2n) is 6.53. The monoisotopic (exact) mass is 339 g/mol. The van der Waals surface area contributed by atoms with Gasteiger partial charge in [0.05, 0.1) is 5.92 Å². The van der Waals surface area contributed by atoms with Gasteiger partial charge in [-0.15, -0.1) is 11.3 Å². The summed E-state index contributed by atoms with van der Waals surface area (Å²) in [6.45, 7) is 8.74. The standard InChI is InChI=1S/C15H18ClN3O2S/c1-8-5-10-11(16)17-12(18-13(10)22-8)9-6-19(7-9)14(20)21-15(2,3)4/h5,9H,6-7H2,1-4H3. The number of hydrogen-bond donors (Lipinski definition) is 0. The van der Waals surface area contributed by atoms with Crippen molar-refractivity contribution in [2.45, 2.75) is 39.2 Å². The summed E-state index contributed by atoms with van der Waals surface area (Å²) >= 11 is 7.84. The molecule has 0 radical (unpaired) electrons. The molecule has 0 N–H and O–H groups in total. The number of nitrogens with zero attached hydrogens (tertiary/aromatic N) is 3. The molecule has 0 saturated carbocycles. The Balaban J connectivity index is 1.71. The van der Waals surface area contributed by atoms with Gasteiger partial charge in [0.25, 0.3) is 0 Å². The van der Waals surface area contributed by atoms with Gasteiger partial charge in [-0.2, -0.15) is 0 Å². The van der Waals surface area contributed by atoms with Crippen LogP contribution in [-0.4, -0.2) is 39.7 Å². The van der Waals surface area contributed by atoms with Crippen LogP contribution in [0.5, 0.6) is 0 Å². The lowest BCUT2D eigenvalue weighted by atomic mass is 10.00. The van der Waals surface area contributed by atoms with Gasteiger partial charge in [-0.1, -0.05) is 11.6 Å². The number of likely N-dealkylation sites (tertiary alicyclic amines) is 1. The van der Waals surface area contributed by atoms with Gasteiger partial charge >= 0.3 is 6.09 Å². The van der Waals surface area contributed by atoms with Crippen LogP contribution in [0.1, 0.15) is 37.4 Å². The van der Waals surface area contributed by atoms with Crippen molar-refractivity contribution in [3.05, 3.63) is 21.9 Å². The molecule has 3 heterocycles. The summed E-state index contributed by atoms with van der Waals surface area (Å²) < 4.78 is 5.35. The topological polar surface area (TPSA) is 55.3 Å². The summed E-state index contributed by atoms with van der Waals surface area (Å²) in [5.74, 6) is 0.830. The van der Waals surface area contributed by atoms with Gasteiger partial charge < -0.3 is 9.64 Å². The Morgan fingerprint density at radius 3 is 2.73 bits per heavy atom. The molecule has 0 spiro atoms. The number of fused-ring (bicyclic) bond motifs is 1. The van der Waals surface area contributed by atoms with Crippen LogP contribution < -0.4 is 0 Å². The Bertz CT molecular complexity index is 732. The van der Waals surface area contributed by atoms with Crippen LogP contribution in [0, 0.1) is 6.92 Å². The molecule has 0 atom stereocenters. The van der Waals surface area contributed by atoms with E-state index in [0.717, 1.165) is 15.1 Å². The predicted molar refractivity (Wildman–Crippen MR) is 87.7 cm³/mol. The number of amides is 1. The first-order valence-corrected chi connectivity index (χ1v) is 8.34. The van der Waals surface area contributed by atoms with E-state index in [0.29, 0.717) is 24.1 Å². The van der Waals surface area contributed by atoms with E-state index in [-0.39, 0.29) is 12.0 Å². The summed E-state index contributed by atoms with van der Waals surface area (Å²) in [5, 5.41) is 1.39. The molecular formula is C15H18ClN3O2S. The summed E-state index contributed by atoms with van der Waals surface area (Å²) in [6.07, 6.45) is -0.289. The number of carbonyl (C=O) groups is 1. The first kappa shape index (κ1) is 15.5. The third kappa shape index (κ3) is 3.03. The zero-order valence-corrected chi connectivity index (χ0v) is 14.6. The number of carbonyl (C=O) groups excluding carboxylic acids is 1. The summed E-state index contributed by atoms with van der Waals surface area (Å²) in [4.78, 5) is 24.6. The van der Waals surface area contributed by atoms with Crippen molar-refractivity contribution in [3.8, 4) is 0 Å². The molecular weight excluding hydrogens is 322 g/mol. The molecule has 1 amide bonds. The molecule has 22 heavy (non-hydrogen) atoms. The number of aromatic nitrogens is 2. The molecule has 2 aromatic heterocycles. The molecule has 1 aliphatic heterocycles. The maximum absolute atomic E-state index is 11.9. The quantitative estimate of drug-likeness (QED) is 0.737. The van der Waals surface area contributed by atoms with Crippen molar-refractivity contribution >= 4 is 39.2 Å². The number of halogens is 1. The molecule has 1 aliphatic rings. The zero-order valence-electron chi connectivity index (χ0n) is 13.0. The molecule has 1 fully saturated rings. The summed E-state index contributed by atoms with van der Waals surface area (Å²) in [7, 11) is 0. The second kappa shape index (κ2) is 5.35. The minimum atomic E-state index is -0.477. The predicted octanol–water partition coefficient (Wildman–Crippen LogP) is 3.99. The van der Waals surface area contributed by atoms with E-state index in [9.17, 15) is 4.79 Å². The first-order valence-electron chi connectivity index (χ1n) is 7.14. The van der Waals surface area contributed by atoms with Gasteiger partial charge in [-0.25, -0.2) is 14.8 Å². The van der Waals surface area contributed by atoms with E-state index in [4.69, 9.17) is 16.3 Å². The van der Waals surface area contributed by atoms with Crippen LogP contribution in [0.3, 0.4) is 0 Å². The van der Waals surface area contributed by atoms with E-state index in [2.05, 4.69) is 9.97 Å². The summed E-state index contributed by atoms with van der Waals surface area (Å²) in [5.41, 5.74) is -0.477. The highest BCUT2D eigenvalue weighted by atomic mass is 35.5. The molecule has 7 heteroatoms. The highest BCUT2D eigenvalue weighted by molar-refractivity contribution is 7.18. The Kier molecular flexibility index (Phi) is 3.77. The van der Waals surface area contributed by atoms with Crippen LogP contribution in [0.4, 0.5) is 4.79 Å². The van der Waals surface area contributed by atoms with E-state index in [1.54, 1.807) is 16.2 Å². The number of thiophene rings is 1.